The van der Waals surface area contributed by atoms with Crippen molar-refractivity contribution in [1.29, 1.82) is 0 Å². The summed E-state index contributed by atoms with van der Waals surface area (Å²) in [5, 5.41) is 9.23. The SMILES string of the molecule is O=C(O)CCc1ccc(Cl)cc1N=C1COC(=O)C1. The fraction of sp³-hybridized carbons (Fsp3) is 0.308. The van der Waals surface area contributed by atoms with Crippen LogP contribution in [0.25, 0.3) is 0 Å². The summed E-state index contributed by atoms with van der Waals surface area (Å²) in [7, 11) is 0. The van der Waals surface area contributed by atoms with Crippen LogP contribution >= 0.6 is 11.6 Å². The number of ether oxygens (including phenoxy) is 1. The van der Waals surface area contributed by atoms with Gasteiger partial charge in [-0.15, -0.1) is 0 Å². The van der Waals surface area contributed by atoms with Crippen LogP contribution in [0.4, 0.5) is 5.69 Å². The van der Waals surface area contributed by atoms with E-state index in [0.29, 0.717) is 22.8 Å². The van der Waals surface area contributed by atoms with Gasteiger partial charge in [-0.05, 0) is 24.1 Å². The minimum atomic E-state index is -0.868. The van der Waals surface area contributed by atoms with Gasteiger partial charge in [0.05, 0.1) is 17.8 Å². The van der Waals surface area contributed by atoms with Crippen LogP contribution in [0.2, 0.25) is 5.02 Å². The lowest BCUT2D eigenvalue weighted by molar-refractivity contribution is -0.138. The fourth-order valence-corrected chi connectivity index (χ4v) is 1.94. The van der Waals surface area contributed by atoms with E-state index in [4.69, 9.17) is 21.4 Å². The third-order valence-corrected chi connectivity index (χ3v) is 2.92. The molecule has 0 unspecified atom stereocenters. The molecule has 0 atom stereocenters. The molecule has 0 saturated carbocycles. The smallest absolute Gasteiger partial charge is 0.312 e. The Hall–Kier alpha value is -1.88. The van der Waals surface area contributed by atoms with E-state index >= 15 is 0 Å². The van der Waals surface area contributed by atoms with Crippen molar-refractivity contribution in [2.45, 2.75) is 19.3 Å². The first kappa shape index (κ1) is 13.5. The van der Waals surface area contributed by atoms with Crippen LogP contribution in [0.15, 0.2) is 23.2 Å². The number of aliphatic carboxylic acids is 1. The quantitative estimate of drug-likeness (QED) is 0.860. The average Bonchev–Trinajstić information content (AvgIpc) is 2.73. The summed E-state index contributed by atoms with van der Waals surface area (Å²) in [6.07, 6.45) is 0.563. The molecule has 1 saturated heterocycles. The van der Waals surface area contributed by atoms with Gasteiger partial charge in [0.2, 0.25) is 0 Å². The highest BCUT2D eigenvalue weighted by Gasteiger charge is 2.18. The van der Waals surface area contributed by atoms with Gasteiger partial charge < -0.3 is 9.84 Å². The number of nitrogens with zero attached hydrogens (tertiary/aromatic N) is 1. The predicted molar refractivity (Wildman–Crippen MR) is 70.1 cm³/mol. The zero-order valence-electron chi connectivity index (χ0n) is 10.1. The number of hydrogen-bond donors (Lipinski definition) is 1. The Morgan fingerprint density at radius 2 is 2.26 bits per heavy atom. The van der Waals surface area contributed by atoms with Gasteiger partial charge in [0, 0.05) is 11.4 Å². The molecule has 0 bridgehead atoms. The largest absolute Gasteiger partial charge is 0.481 e. The van der Waals surface area contributed by atoms with Crippen LogP contribution in [0.1, 0.15) is 18.4 Å². The van der Waals surface area contributed by atoms with E-state index in [9.17, 15) is 9.59 Å². The maximum atomic E-state index is 11.0. The zero-order chi connectivity index (χ0) is 13.8. The lowest BCUT2D eigenvalue weighted by atomic mass is 10.1. The van der Waals surface area contributed by atoms with Gasteiger partial charge in [0.25, 0.3) is 0 Å². The standard InChI is InChI=1S/C13H12ClNO4/c14-9-3-1-8(2-4-12(16)17)11(5-9)15-10-6-13(18)19-7-10/h1,3,5H,2,4,6-7H2,(H,16,17). The molecule has 0 aromatic heterocycles. The number of aryl methyl sites for hydroxylation is 1. The van der Waals surface area contributed by atoms with E-state index in [2.05, 4.69) is 4.99 Å². The van der Waals surface area contributed by atoms with E-state index in [1.54, 1.807) is 18.2 Å². The van der Waals surface area contributed by atoms with Crippen LogP contribution in [0, 0.1) is 0 Å². The number of carbonyl (C=O) groups excluding carboxylic acids is 1. The third kappa shape index (κ3) is 3.79. The van der Waals surface area contributed by atoms with Crippen molar-refractivity contribution in [1.82, 2.24) is 0 Å². The van der Waals surface area contributed by atoms with Gasteiger partial charge >= 0.3 is 11.9 Å². The molecule has 1 aliphatic rings. The van der Waals surface area contributed by atoms with Crippen molar-refractivity contribution < 1.29 is 19.4 Å². The Balaban J connectivity index is 2.24. The zero-order valence-corrected chi connectivity index (χ0v) is 10.8. The maximum absolute atomic E-state index is 11.0. The van der Waals surface area contributed by atoms with Crippen molar-refractivity contribution in [3.63, 3.8) is 0 Å². The predicted octanol–water partition coefficient (Wildman–Crippen LogP) is 2.38. The third-order valence-electron chi connectivity index (χ3n) is 2.68. The molecule has 5 nitrogen and oxygen atoms in total. The molecule has 100 valence electrons. The number of carboxylic acid groups (broad SMARTS) is 1. The molecule has 1 aromatic rings. The Morgan fingerprint density at radius 3 is 2.89 bits per heavy atom. The molecule has 1 fully saturated rings. The van der Waals surface area contributed by atoms with Crippen molar-refractivity contribution >= 4 is 34.9 Å². The summed E-state index contributed by atoms with van der Waals surface area (Å²) in [5.74, 6) is -1.17. The van der Waals surface area contributed by atoms with Crippen LogP contribution in [-0.4, -0.2) is 29.4 Å². The number of hydrogen-bond acceptors (Lipinski definition) is 4. The van der Waals surface area contributed by atoms with Crippen molar-refractivity contribution in [2.24, 2.45) is 4.99 Å². The number of carboxylic acids is 1. The Kier molecular flexibility index (Phi) is 4.16. The number of esters is 1. The minimum absolute atomic E-state index is 0.0227. The molecule has 1 aromatic carbocycles. The number of aliphatic imine (C=N–C) groups is 1. The first-order chi connectivity index (χ1) is 9.04. The minimum Gasteiger partial charge on any atom is -0.481 e. The van der Waals surface area contributed by atoms with Gasteiger partial charge in [-0.2, -0.15) is 0 Å². The topological polar surface area (TPSA) is 76.0 Å². The lowest BCUT2D eigenvalue weighted by Crippen LogP contribution is -1.99. The van der Waals surface area contributed by atoms with Gasteiger partial charge in [0.15, 0.2) is 0 Å². The first-order valence-electron chi connectivity index (χ1n) is 5.77. The lowest BCUT2D eigenvalue weighted by Gasteiger charge is -2.05. The molecule has 1 N–H and O–H groups in total. The summed E-state index contributed by atoms with van der Waals surface area (Å²) in [5.41, 5.74) is 2.02. The number of halogens is 1. The molecule has 2 rings (SSSR count). The van der Waals surface area contributed by atoms with Gasteiger partial charge in [-0.25, -0.2) is 0 Å². The van der Waals surface area contributed by atoms with Crippen molar-refractivity contribution in [2.75, 3.05) is 6.61 Å². The van der Waals surface area contributed by atoms with E-state index in [0.717, 1.165) is 5.56 Å². The first-order valence-corrected chi connectivity index (χ1v) is 6.14. The summed E-state index contributed by atoms with van der Waals surface area (Å²) in [4.78, 5) is 26.0. The summed E-state index contributed by atoms with van der Waals surface area (Å²) < 4.78 is 4.81. The van der Waals surface area contributed by atoms with E-state index < -0.39 is 5.97 Å². The molecular formula is C13H12ClNO4. The highest BCUT2D eigenvalue weighted by atomic mass is 35.5. The van der Waals surface area contributed by atoms with E-state index in [-0.39, 0.29) is 25.4 Å². The van der Waals surface area contributed by atoms with Crippen LogP contribution < -0.4 is 0 Å². The molecule has 6 heteroatoms. The van der Waals surface area contributed by atoms with Crippen LogP contribution in [-0.2, 0) is 20.7 Å². The fourth-order valence-electron chi connectivity index (χ4n) is 1.77. The number of rotatable bonds is 4. The molecule has 1 heterocycles. The second-order valence-electron chi connectivity index (χ2n) is 4.18. The van der Waals surface area contributed by atoms with Crippen LogP contribution in [0.3, 0.4) is 0 Å². The second-order valence-corrected chi connectivity index (χ2v) is 4.62. The molecule has 0 amide bonds. The summed E-state index contributed by atoms with van der Waals surface area (Å²) in [6.45, 7) is 0.184. The summed E-state index contributed by atoms with van der Waals surface area (Å²) >= 11 is 5.91. The highest BCUT2D eigenvalue weighted by Crippen LogP contribution is 2.26. The normalized spacial score (nSPS) is 16.7. The Bertz CT molecular complexity index is 554. The van der Waals surface area contributed by atoms with Crippen molar-refractivity contribution in [3.05, 3.63) is 28.8 Å². The van der Waals surface area contributed by atoms with E-state index in [1.807, 2.05) is 0 Å². The maximum Gasteiger partial charge on any atom is 0.312 e. The monoisotopic (exact) mass is 281 g/mol. The Morgan fingerprint density at radius 1 is 1.47 bits per heavy atom. The molecule has 19 heavy (non-hydrogen) atoms. The van der Waals surface area contributed by atoms with Gasteiger partial charge in [0.1, 0.15) is 6.61 Å². The number of cyclic esters (lactones) is 1. The average molecular weight is 282 g/mol. The van der Waals surface area contributed by atoms with Gasteiger partial charge in [-0.1, -0.05) is 17.7 Å². The Labute approximate surface area is 114 Å². The van der Waals surface area contributed by atoms with Gasteiger partial charge in [-0.3, -0.25) is 14.6 Å². The molecule has 0 aliphatic carbocycles. The number of carbonyl (C=O) groups is 2. The summed E-state index contributed by atoms with van der Waals surface area (Å²) in [6, 6.07) is 5.11. The molecular weight excluding hydrogens is 270 g/mol. The molecule has 0 radical (unpaired) electrons. The molecule has 1 aliphatic heterocycles. The van der Waals surface area contributed by atoms with Crippen LogP contribution in [0.5, 0.6) is 0 Å². The second kappa shape index (κ2) is 5.84. The molecule has 0 spiro atoms. The van der Waals surface area contributed by atoms with E-state index in [1.165, 1.54) is 0 Å². The van der Waals surface area contributed by atoms with Crippen molar-refractivity contribution in [3.8, 4) is 0 Å². The number of benzene rings is 1. The highest BCUT2D eigenvalue weighted by molar-refractivity contribution is 6.30.